The highest BCUT2D eigenvalue weighted by atomic mass is 79.9. The Bertz CT molecular complexity index is 797. The van der Waals surface area contributed by atoms with E-state index in [1.807, 2.05) is 6.08 Å². The number of fused-ring (bicyclic) bond motifs is 5. The van der Waals surface area contributed by atoms with Crippen LogP contribution in [-0.2, 0) is 14.4 Å². The van der Waals surface area contributed by atoms with Crippen LogP contribution in [0.3, 0.4) is 0 Å². The van der Waals surface area contributed by atoms with Crippen molar-refractivity contribution in [2.45, 2.75) is 90.8 Å². The van der Waals surface area contributed by atoms with Crippen molar-refractivity contribution in [2.24, 2.45) is 28.6 Å². The van der Waals surface area contributed by atoms with Crippen molar-refractivity contribution >= 4 is 33.3 Å². The van der Waals surface area contributed by atoms with Crippen molar-refractivity contribution in [1.82, 2.24) is 4.90 Å². The quantitative estimate of drug-likeness (QED) is 0.453. The Morgan fingerprint density at radius 3 is 2.19 bits per heavy atom. The molecule has 0 amide bonds. The third-order valence-corrected chi connectivity index (χ3v) is 11.5. The van der Waals surface area contributed by atoms with Gasteiger partial charge in [-0.1, -0.05) is 56.1 Å². The number of halogens is 1. The molecule has 0 aliphatic heterocycles. The molecule has 4 rings (SSSR count). The van der Waals surface area contributed by atoms with Gasteiger partial charge in [0.2, 0.25) is 0 Å². The summed E-state index contributed by atoms with van der Waals surface area (Å²) in [5.41, 5.74) is 0.707. The zero-order valence-electron chi connectivity index (χ0n) is 20.9. The third-order valence-electron chi connectivity index (χ3n) is 9.63. The first-order valence-corrected chi connectivity index (χ1v) is 13.5. The fourth-order valence-electron chi connectivity index (χ4n) is 7.63. The summed E-state index contributed by atoms with van der Waals surface area (Å²) in [6.45, 7) is 16.2. The van der Waals surface area contributed by atoms with Gasteiger partial charge in [-0.05, 0) is 82.0 Å². The monoisotopic (exact) mass is 507 g/mol. The van der Waals surface area contributed by atoms with E-state index >= 15 is 0 Å². The minimum absolute atomic E-state index is 0.0242. The molecule has 4 aliphatic carbocycles. The summed E-state index contributed by atoms with van der Waals surface area (Å²) in [4.78, 5) is 40.1. The number of allylic oxidation sites excluding steroid dienone is 1. The van der Waals surface area contributed by atoms with Gasteiger partial charge in [0, 0.05) is 24.2 Å². The van der Waals surface area contributed by atoms with Crippen molar-refractivity contribution < 1.29 is 14.4 Å². The highest BCUT2D eigenvalue weighted by molar-refractivity contribution is 9.10. The second-order valence-corrected chi connectivity index (χ2v) is 12.1. The average molecular weight is 509 g/mol. The molecular formula is C27H42BrNO3. The van der Waals surface area contributed by atoms with Crippen molar-refractivity contribution in [3.63, 3.8) is 0 Å². The maximum Gasteiger partial charge on any atom is 0.155 e. The van der Waals surface area contributed by atoms with Gasteiger partial charge in [-0.2, -0.15) is 0 Å². The van der Waals surface area contributed by atoms with Crippen LogP contribution in [0.5, 0.6) is 0 Å². The number of carbonyl (C=O) groups excluding carboxylic acids is 3. The molecule has 4 aliphatic rings. The second-order valence-electron chi connectivity index (χ2n) is 10.9. The number of hydrogen-bond donors (Lipinski definition) is 0. The van der Waals surface area contributed by atoms with Crippen LogP contribution in [0.2, 0.25) is 0 Å². The van der Waals surface area contributed by atoms with E-state index in [1.165, 1.54) is 19.6 Å². The molecule has 180 valence electrons. The minimum atomic E-state index is -0.569. The molecule has 0 N–H and O–H groups in total. The lowest BCUT2D eigenvalue weighted by atomic mass is 9.46. The topological polar surface area (TPSA) is 54.5 Å². The van der Waals surface area contributed by atoms with Crippen LogP contribution in [0, 0.1) is 28.6 Å². The maximum atomic E-state index is 13.5. The smallest absolute Gasteiger partial charge is 0.155 e. The molecule has 0 aromatic rings. The third kappa shape index (κ3) is 3.89. The van der Waals surface area contributed by atoms with Gasteiger partial charge in [0.25, 0.3) is 0 Å². The Balaban J connectivity index is 0.000000360. The molecule has 3 saturated carbocycles. The molecular weight excluding hydrogens is 466 g/mol. The number of alkyl halides is 1. The van der Waals surface area contributed by atoms with E-state index in [2.05, 4.69) is 55.4 Å². The summed E-state index contributed by atoms with van der Waals surface area (Å²) in [6, 6.07) is 0. The number of rotatable bonds is 4. The first-order valence-electron chi connectivity index (χ1n) is 12.7. The van der Waals surface area contributed by atoms with Gasteiger partial charge < -0.3 is 4.90 Å². The number of hydrogen-bond acceptors (Lipinski definition) is 4. The predicted octanol–water partition coefficient (Wildman–Crippen LogP) is 5.77. The number of carbonyl (C=O) groups is 3. The van der Waals surface area contributed by atoms with Gasteiger partial charge in [0.05, 0.1) is 4.32 Å². The number of ketones is 3. The van der Waals surface area contributed by atoms with Gasteiger partial charge in [-0.25, -0.2) is 0 Å². The average Bonchev–Trinajstić information content (AvgIpc) is 3.08. The molecule has 0 bridgehead atoms. The lowest BCUT2D eigenvalue weighted by Gasteiger charge is -2.61. The van der Waals surface area contributed by atoms with E-state index in [-0.39, 0.29) is 40.0 Å². The lowest BCUT2D eigenvalue weighted by molar-refractivity contribution is -0.143. The van der Waals surface area contributed by atoms with Gasteiger partial charge >= 0.3 is 0 Å². The standard InChI is InChI=1S/C21H27BrO3.C6H15N/c1-12(23)15-6-7-16-17-5-4-13-10-14(24)8-9-20(13,3)21(17,22)18(25)11-19(15,16)2;1-4-7(5-2)6-3/h10,15-17H,4-9,11H2,1-3H3;4-6H2,1-3H3/t15-,16+,17+,19-,20+,21+;/m1./s1. The highest BCUT2D eigenvalue weighted by Crippen LogP contribution is 2.69. The summed E-state index contributed by atoms with van der Waals surface area (Å²) in [7, 11) is 0. The number of Topliss-reactive ketones (excluding diaryl/α,β-unsaturated/α-hetero) is 2. The largest absolute Gasteiger partial charge is 0.304 e. The van der Waals surface area contributed by atoms with Crippen LogP contribution < -0.4 is 0 Å². The Hall–Kier alpha value is -0.810. The van der Waals surface area contributed by atoms with E-state index in [9.17, 15) is 14.4 Å². The Morgan fingerprint density at radius 1 is 1.03 bits per heavy atom. The van der Waals surface area contributed by atoms with Crippen LogP contribution in [0.15, 0.2) is 11.6 Å². The Morgan fingerprint density at radius 2 is 1.66 bits per heavy atom. The molecule has 0 aromatic heterocycles. The lowest BCUT2D eigenvalue weighted by Crippen LogP contribution is -2.64. The molecule has 0 unspecified atom stereocenters. The van der Waals surface area contributed by atoms with E-state index in [4.69, 9.17) is 0 Å². The van der Waals surface area contributed by atoms with Crippen molar-refractivity contribution in [2.75, 3.05) is 19.6 Å². The second kappa shape index (κ2) is 9.44. The fourth-order valence-corrected chi connectivity index (χ4v) is 8.77. The summed E-state index contributed by atoms with van der Waals surface area (Å²) >= 11 is 3.99. The molecule has 32 heavy (non-hydrogen) atoms. The molecule has 0 spiro atoms. The van der Waals surface area contributed by atoms with E-state index in [0.29, 0.717) is 18.8 Å². The van der Waals surface area contributed by atoms with Gasteiger partial charge in [0.1, 0.15) is 5.78 Å². The molecule has 5 heteroatoms. The van der Waals surface area contributed by atoms with Crippen molar-refractivity contribution in [1.29, 1.82) is 0 Å². The maximum absolute atomic E-state index is 13.5. The van der Waals surface area contributed by atoms with Crippen LogP contribution in [-0.4, -0.2) is 46.2 Å². The van der Waals surface area contributed by atoms with Crippen LogP contribution >= 0.6 is 15.9 Å². The molecule has 0 heterocycles. The Labute approximate surface area is 203 Å². The summed E-state index contributed by atoms with van der Waals surface area (Å²) in [5, 5.41) is 0. The van der Waals surface area contributed by atoms with E-state index in [1.54, 1.807) is 6.92 Å². The highest BCUT2D eigenvalue weighted by Gasteiger charge is 2.69. The van der Waals surface area contributed by atoms with Gasteiger partial charge in [0.15, 0.2) is 11.6 Å². The normalized spacial score (nSPS) is 40.6. The summed E-state index contributed by atoms with van der Waals surface area (Å²) in [5.74, 6) is 1.40. The molecule has 0 radical (unpaired) electrons. The molecule has 0 saturated heterocycles. The Kier molecular flexibility index (Phi) is 7.62. The summed E-state index contributed by atoms with van der Waals surface area (Å²) < 4.78 is -0.569. The van der Waals surface area contributed by atoms with Crippen LogP contribution in [0.4, 0.5) is 0 Å². The molecule has 0 aromatic carbocycles. The van der Waals surface area contributed by atoms with Gasteiger partial charge in [-0.15, -0.1) is 0 Å². The fraction of sp³-hybridized carbons (Fsp3) is 0.815. The van der Waals surface area contributed by atoms with Crippen LogP contribution in [0.25, 0.3) is 0 Å². The minimum Gasteiger partial charge on any atom is -0.304 e. The first kappa shape index (κ1) is 25.8. The first-order chi connectivity index (χ1) is 15.0. The molecule has 6 atom stereocenters. The van der Waals surface area contributed by atoms with Crippen molar-refractivity contribution in [3.8, 4) is 0 Å². The van der Waals surface area contributed by atoms with Gasteiger partial charge in [-0.3, -0.25) is 14.4 Å². The number of nitrogens with zero attached hydrogens (tertiary/aromatic N) is 1. The molecule has 3 fully saturated rings. The van der Waals surface area contributed by atoms with Crippen molar-refractivity contribution in [3.05, 3.63) is 11.6 Å². The zero-order chi connectivity index (χ0) is 23.9. The zero-order valence-corrected chi connectivity index (χ0v) is 22.5. The predicted molar refractivity (Wildman–Crippen MR) is 133 cm³/mol. The van der Waals surface area contributed by atoms with E-state index in [0.717, 1.165) is 37.7 Å². The summed E-state index contributed by atoms with van der Waals surface area (Å²) in [6.07, 6.45) is 7.40. The molecule has 4 nitrogen and oxygen atoms in total. The van der Waals surface area contributed by atoms with E-state index < -0.39 is 4.32 Å². The SMILES string of the molecule is CC(=O)[C@H]1CC[C@H]2[C@@H]3CCC4=CC(=O)CC[C@]4(C)[C@@]3(Br)C(=O)C[C@]12C.CCN(CC)CC. The van der Waals surface area contributed by atoms with Crippen LogP contribution in [0.1, 0.15) is 86.5 Å².